The fourth-order valence-corrected chi connectivity index (χ4v) is 1.82. The Labute approximate surface area is 82.7 Å². The third-order valence-electron chi connectivity index (χ3n) is 2.70. The minimum absolute atomic E-state index is 0.0421. The number of amides is 1. The SMILES string of the molecule is CC(=O)N1CCc2c1ncc(N)c2C. The van der Waals surface area contributed by atoms with Crippen molar-refractivity contribution in [1.29, 1.82) is 0 Å². The van der Waals surface area contributed by atoms with Crippen LogP contribution in [0.15, 0.2) is 6.20 Å². The first kappa shape index (κ1) is 8.99. The maximum atomic E-state index is 11.3. The summed E-state index contributed by atoms with van der Waals surface area (Å²) in [4.78, 5) is 17.2. The highest BCUT2D eigenvalue weighted by molar-refractivity contribution is 5.93. The number of carbonyl (C=O) groups excluding carboxylic acids is 1. The van der Waals surface area contributed by atoms with Gasteiger partial charge in [-0.15, -0.1) is 0 Å². The van der Waals surface area contributed by atoms with E-state index >= 15 is 0 Å². The predicted octanol–water partition coefficient (Wildman–Crippen LogP) is 0.881. The van der Waals surface area contributed by atoms with Crippen molar-refractivity contribution in [3.05, 3.63) is 17.3 Å². The quantitative estimate of drug-likeness (QED) is 0.662. The van der Waals surface area contributed by atoms with Crippen LogP contribution in [0.25, 0.3) is 0 Å². The Balaban J connectivity index is 2.53. The van der Waals surface area contributed by atoms with E-state index in [9.17, 15) is 4.79 Å². The number of nitrogens with zero attached hydrogens (tertiary/aromatic N) is 2. The van der Waals surface area contributed by atoms with Gasteiger partial charge in [-0.05, 0) is 18.9 Å². The van der Waals surface area contributed by atoms with E-state index in [1.54, 1.807) is 18.0 Å². The lowest BCUT2D eigenvalue weighted by molar-refractivity contribution is -0.116. The summed E-state index contributed by atoms with van der Waals surface area (Å²) in [5.74, 6) is 0.824. The molecule has 2 rings (SSSR count). The van der Waals surface area contributed by atoms with E-state index in [-0.39, 0.29) is 5.91 Å². The second kappa shape index (κ2) is 2.97. The van der Waals surface area contributed by atoms with Crippen molar-refractivity contribution in [1.82, 2.24) is 4.98 Å². The van der Waals surface area contributed by atoms with Crippen LogP contribution in [0.5, 0.6) is 0 Å². The Morgan fingerprint density at radius 1 is 1.64 bits per heavy atom. The molecule has 0 aliphatic carbocycles. The largest absolute Gasteiger partial charge is 0.397 e. The molecule has 1 aliphatic rings. The van der Waals surface area contributed by atoms with Gasteiger partial charge < -0.3 is 5.73 Å². The van der Waals surface area contributed by atoms with Crippen LogP contribution in [-0.2, 0) is 11.2 Å². The summed E-state index contributed by atoms with van der Waals surface area (Å²) >= 11 is 0. The van der Waals surface area contributed by atoms with Crippen molar-refractivity contribution in [2.75, 3.05) is 17.2 Å². The van der Waals surface area contributed by atoms with Crippen molar-refractivity contribution >= 4 is 17.4 Å². The number of carbonyl (C=O) groups is 1. The number of rotatable bonds is 0. The lowest BCUT2D eigenvalue weighted by Gasteiger charge is -2.13. The van der Waals surface area contributed by atoms with Crippen LogP contribution >= 0.6 is 0 Å². The molecule has 1 aromatic heterocycles. The van der Waals surface area contributed by atoms with Gasteiger partial charge in [0.15, 0.2) is 0 Å². The normalized spacial score (nSPS) is 14.3. The molecule has 1 aliphatic heterocycles. The van der Waals surface area contributed by atoms with Gasteiger partial charge >= 0.3 is 0 Å². The van der Waals surface area contributed by atoms with Crippen LogP contribution in [-0.4, -0.2) is 17.4 Å². The minimum atomic E-state index is 0.0421. The van der Waals surface area contributed by atoms with Crippen molar-refractivity contribution in [2.24, 2.45) is 0 Å². The Hall–Kier alpha value is -1.58. The Kier molecular flexibility index (Phi) is 1.91. The molecule has 2 heterocycles. The van der Waals surface area contributed by atoms with Crippen molar-refractivity contribution in [2.45, 2.75) is 20.3 Å². The highest BCUT2D eigenvalue weighted by Gasteiger charge is 2.25. The van der Waals surface area contributed by atoms with Gasteiger partial charge in [-0.1, -0.05) is 0 Å². The van der Waals surface area contributed by atoms with Gasteiger partial charge in [0.05, 0.1) is 11.9 Å². The number of hydrogen-bond donors (Lipinski definition) is 1. The van der Waals surface area contributed by atoms with E-state index < -0.39 is 0 Å². The van der Waals surface area contributed by atoms with Gasteiger partial charge in [-0.25, -0.2) is 4.98 Å². The monoisotopic (exact) mass is 191 g/mol. The highest BCUT2D eigenvalue weighted by atomic mass is 16.2. The number of nitrogens with two attached hydrogens (primary N) is 1. The Bertz CT molecular complexity index is 401. The van der Waals surface area contributed by atoms with Crippen LogP contribution in [0.1, 0.15) is 18.1 Å². The molecule has 0 saturated heterocycles. The van der Waals surface area contributed by atoms with E-state index in [0.29, 0.717) is 5.69 Å². The van der Waals surface area contributed by atoms with Crippen LogP contribution in [0, 0.1) is 6.92 Å². The fourth-order valence-electron chi connectivity index (χ4n) is 1.82. The third-order valence-corrected chi connectivity index (χ3v) is 2.70. The molecule has 4 nitrogen and oxygen atoms in total. The summed E-state index contributed by atoms with van der Waals surface area (Å²) in [6.07, 6.45) is 2.48. The average Bonchev–Trinajstić information content (AvgIpc) is 2.55. The molecule has 0 bridgehead atoms. The topological polar surface area (TPSA) is 59.2 Å². The summed E-state index contributed by atoms with van der Waals surface area (Å²) in [6, 6.07) is 0. The van der Waals surface area contributed by atoms with Crippen molar-refractivity contribution in [3.8, 4) is 0 Å². The van der Waals surface area contributed by atoms with Crippen LogP contribution in [0.3, 0.4) is 0 Å². The zero-order chi connectivity index (χ0) is 10.3. The summed E-state index contributed by atoms with van der Waals surface area (Å²) in [6.45, 7) is 4.25. The van der Waals surface area contributed by atoms with Gasteiger partial charge in [0.1, 0.15) is 5.82 Å². The number of aromatic nitrogens is 1. The molecule has 14 heavy (non-hydrogen) atoms. The Morgan fingerprint density at radius 2 is 2.36 bits per heavy atom. The number of hydrogen-bond acceptors (Lipinski definition) is 3. The van der Waals surface area contributed by atoms with Crippen LogP contribution in [0.4, 0.5) is 11.5 Å². The standard InChI is InChI=1S/C10H13N3O/c1-6-8-3-4-13(7(2)14)10(8)12-5-9(6)11/h5H,3-4,11H2,1-2H3. The van der Waals surface area contributed by atoms with Crippen LogP contribution in [0.2, 0.25) is 0 Å². The second-order valence-corrected chi connectivity index (χ2v) is 3.56. The highest BCUT2D eigenvalue weighted by Crippen LogP contribution is 2.30. The summed E-state index contributed by atoms with van der Waals surface area (Å²) in [5.41, 5.74) is 8.62. The molecule has 1 aromatic rings. The molecule has 2 N–H and O–H groups in total. The molecule has 0 fully saturated rings. The average molecular weight is 191 g/mol. The Morgan fingerprint density at radius 3 is 3.00 bits per heavy atom. The lowest BCUT2D eigenvalue weighted by atomic mass is 10.1. The summed E-state index contributed by atoms with van der Waals surface area (Å²) in [5, 5.41) is 0. The van der Waals surface area contributed by atoms with Gasteiger partial charge in [-0.3, -0.25) is 9.69 Å². The van der Waals surface area contributed by atoms with E-state index in [2.05, 4.69) is 4.98 Å². The number of anilines is 2. The van der Waals surface area contributed by atoms with E-state index in [4.69, 9.17) is 5.73 Å². The molecule has 4 heteroatoms. The van der Waals surface area contributed by atoms with Gasteiger partial charge in [0.2, 0.25) is 5.91 Å². The zero-order valence-electron chi connectivity index (χ0n) is 8.37. The third kappa shape index (κ3) is 1.14. The zero-order valence-corrected chi connectivity index (χ0v) is 8.37. The molecule has 74 valence electrons. The molecular weight excluding hydrogens is 178 g/mol. The van der Waals surface area contributed by atoms with Crippen molar-refractivity contribution in [3.63, 3.8) is 0 Å². The first-order valence-electron chi connectivity index (χ1n) is 4.63. The molecule has 0 spiro atoms. The fraction of sp³-hybridized carbons (Fsp3) is 0.400. The van der Waals surface area contributed by atoms with Gasteiger partial charge in [-0.2, -0.15) is 0 Å². The predicted molar refractivity (Wildman–Crippen MR) is 55.1 cm³/mol. The first-order chi connectivity index (χ1) is 6.61. The number of nitrogen functional groups attached to an aromatic ring is 1. The maximum Gasteiger partial charge on any atom is 0.225 e. The molecule has 1 amide bonds. The molecule has 0 saturated carbocycles. The molecule has 0 aromatic carbocycles. The maximum absolute atomic E-state index is 11.3. The summed E-state index contributed by atoms with van der Waals surface area (Å²) in [7, 11) is 0. The molecule has 0 unspecified atom stereocenters. The number of fused-ring (bicyclic) bond motifs is 1. The molecule has 0 radical (unpaired) electrons. The van der Waals surface area contributed by atoms with Gasteiger partial charge in [0, 0.05) is 19.0 Å². The second-order valence-electron chi connectivity index (χ2n) is 3.56. The minimum Gasteiger partial charge on any atom is -0.397 e. The van der Waals surface area contributed by atoms with Crippen LogP contribution < -0.4 is 10.6 Å². The lowest BCUT2D eigenvalue weighted by Crippen LogP contribution is -2.26. The van der Waals surface area contributed by atoms with Gasteiger partial charge in [0.25, 0.3) is 0 Å². The van der Waals surface area contributed by atoms with Crippen molar-refractivity contribution < 1.29 is 4.79 Å². The smallest absolute Gasteiger partial charge is 0.225 e. The molecule has 0 atom stereocenters. The number of pyridine rings is 1. The van der Waals surface area contributed by atoms with E-state index in [0.717, 1.165) is 29.9 Å². The first-order valence-corrected chi connectivity index (χ1v) is 4.63. The van der Waals surface area contributed by atoms with E-state index in [1.165, 1.54) is 0 Å². The van der Waals surface area contributed by atoms with E-state index in [1.807, 2.05) is 6.92 Å². The molecular formula is C10H13N3O. The summed E-state index contributed by atoms with van der Waals surface area (Å²) < 4.78 is 0.